The van der Waals surface area contributed by atoms with Gasteiger partial charge in [-0.1, -0.05) is 97.1 Å². The Morgan fingerprint density at radius 2 is 1.11 bits per heavy atom. The van der Waals surface area contributed by atoms with Gasteiger partial charge in [0.25, 0.3) is 0 Å². The lowest BCUT2D eigenvalue weighted by molar-refractivity contribution is -0.142. The van der Waals surface area contributed by atoms with Crippen molar-refractivity contribution in [3.05, 3.63) is 138 Å². The minimum absolute atomic E-state index is 0.122. The van der Waals surface area contributed by atoms with Crippen LogP contribution in [0.15, 0.2) is 127 Å². The first kappa shape index (κ1) is 26.0. The third-order valence-electron chi connectivity index (χ3n) is 6.67. The maximum absolute atomic E-state index is 13.3. The summed E-state index contributed by atoms with van der Waals surface area (Å²) in [4.78, 5) is 13.3. The molecule has 0 N–H and O–H groups in total. The van der Waals surface area contributed by atoms with Crippen LogP contribution in [-0.4, -0.2) is 25.7 Å². The zero-order valence-electron chi connectivity index (χ0n) is 21.4. The summed E-state index contributed by atoms with van der Waals surface area (Å²) in [5.41, 5.74) is 5.21. The molecule has 0 atom stereocenters. The number of hydrogen-bond acceptors (Lipinski definition) is 3. The summed E-state index contributed by atoms with van der Waals surface area (Å²) in [5, 5.41) is 0.938. The average Bonchev–Trinajstić information content (AvgIpc) is 3.33. The molecule has 0 saturated carbocycles. The second-order valence-corrected chi connectivity index (χ2v) is 13.1. The molecule has 1 heterocycles. The first-order valence-corrected chi connectivity index (χ1v) is 15.6. The second-order valence-electron chi connectivity index (χ2n) is 9.00. The number of rotatable bonds is 8. The van der Waals surface area contributed by atoms with Crippen molar-refractivity contribution in [2.45, 2.75) is 13.3 Å². The number of ether oxygens (including phenoxy) is 1. The van der Waals surface area contributed by atoms with Gasteiger partial charge < -0.3 is 14.1 Å². The molecule has 4 nitrogen and oxygen atoms in total. The number of esters is 1. The standard InChI is InChI=1S/C32H31N2O2PS/c1-2-36-31(35)25-30(32(26-15-7-3-8-16-26)27-17-9-4-10-18-27)37(38)33(28-19-11-5-12-20-28)23-24-34(37)29-21-13-6-14-22-29/h3-22H,2,23-25H2,1H3. The highest BCUT2D eigenvalue weighted by atomic mass is 32.4. The Labute approximate surface area is 230 Å². The lowest BCUT2D eigenvalue weighted by Gasteiger charge is -2.39. The highest BCUT2D eigenvalue weighted by Crippen LogP contribution is 2.68. The van der Waals surface area contributed by atoms with E-state index >= 15 is 0 Å². The Hall–Kier alpha value is -3.66. The summed E-state index contributed by atoms with van der Waals surface area (Å²) < 4.78 is 10.3. The van der Waals surface area contributed by atoms with Crippen molar-refractivity contribution in [3.8, 4) is 0 Å². The summed E-state index contributed by atoms with van der Waals surface area (Å²) in [6, 6.07) is 41.2. The van der Waals surface area contributed by atoms with E-state index in [0.29, 0.717) is 6.61 Å². The number of hydrogen-bond donors (Lipinski definition) is 0. The van der Waals surface area contributed by atoms with Gasteiger partial charge in [-0.25, -0.2) is 0 Å². The van der Waals surface area contributed by atoms with Gasteiger partial charge in [-0.05, 0) is 59.7 Å². The zero-order valence-corrected chi connectivity index (χ0v) is 23.2. The maximum Gasteiger partial charge on any atom is 0.310 e. The minimum atomic E-state index is -2.73. The smallest absolute Gasteiger partial charge is 0.310 e. The largest absolute Gasteiger partial charge is 0.466 e. The highest BCUT2D eigenvalue weighted by Gasteiger charge is 2.44. The fourth-order valence-corrected chi connectivity index (χ4v) is 9.91. The van der Waals surface area contributed by atoms with Crippen molar-refractivity contribution in [3.63, 3.8) is 0 Å². The van der Waals surface area contributed by atoms with Crippen molar-refractivity contribution in [2.24, 2.45) is 0 Å². The number of carbonyl (C=O) groups is 1. The fraction of sp³-hybridized carbons (Fsp3) is 0.156. The Morgan fingerprint density at radius 1 is 0.711 bits per heavy atom. The molecule has 1 fully saturated rings. The van der Waals surface area contributed by atoms with Crippen molar-refractivity contribution in [1.29, 1.82) is 0 Å². The topological polar surface area (TPSA) is 32.8 Å². The van der Waals surface area contributed by atoms with Crippen LogP contribution in [0, 0.1) is 0 Å². The van der Waals surface area contributed by atoms with E-state index in [9.17, 15) is 4.79 Å². The van der Waals surface area contributed by atoms with E-state index in [0.717, 1.165) is 46.5 Å². The lowest BCUT2D eigenvalue weighted by Crippen LogP contribution is -2.22. The van der Waals surface area contributed by atoms with Crippen LogP contribution in [0.1, 0.15) is 24.5 Å². The molecule has 4 aromatic rings. The summed E-state index contributed by atoms with van der Waals surface area (Å²) in [6.07, 6.45) is -2.61. The molecule has 0 spiro atoms. The quantitative estimate of drug-likeness (QED) is 0.169. The molecule has 4 aromatic carbocycles. The Bertz CT molecular complexity index is 1350. The van der Waals surface area contributed by atoms with Crippen molar-refractivity contribution in [1.82, 2.24) is 0 Å². The molecule has 0 aromatic heterocycles. The number of para-hydroxylation sites is 2. The summed E-state index contributed by atoms with van der Waals surface area (Å²) >= 11 is 6.87. The third-order valence-corrected chi connectivity index (χ3v) is 11.8. The van der Waals surface area contributed by atoms with Crippen LogP contribution in [0.3, 0.4) is 0 Å². The number of carbonyl (C=O) groups excluding carboxylic acids is 1. The Balaban J connectivity index is 1.84. The molecule has 192 valence electrons. The predicted molar refractivity (Wildman–Crippen MR) is 162 cm³/mol. The van der Waals surface area contributed by atoms with Crippen molar-refractivity contribution >= 4 is 41.1 Å². The van der Waals surface area contributed by atoms with Gasteiger partial charge in [0.2, 0.25) is 0 Å². The molecule has 0 aliphatic carbocycles. The van der Waals surface area contributed by atoms with Crippen molar-refractivity contribution in [2.75, 3.05) is 29.0 Å². The molecule has 1 saturated heterocycles. The molecule has 38 heavy (non-hydrogen) atoms. The summed E-state index contributed by atoms with van der Waals surface area (Å²) in [6.45, 7) is 3.70. The number of anilines is 2. The Kier molecular flexibility index (Phi) is 8.07. The molecule has 5 rings (SSSR count). The molecule has 0 amide bonds. The van der Waals surface area contributed by atoms with Gasteiger partial charge in [-0.15, -0.1) is 0 Å². The first-order chi connectivity index (χ1) is 18.6. The minimum Gasteiger partial charge on any atom is -0.466 e. The molecule has 0 radical (unpaired) electrons. The predicted octanol–water partition coefficient (Wildman–Crippen LogP) is 7.74. The molecule has 0 bridgehead atoms. The fourth-order valence-electron chi connectivity index (χ4n) is 5.05. The maximum atomic E-state index is 13.3. The lowest BCUT2D eigenvalue weighted by atomic mass is 9.97. The van der Waals surface area contributed by atoms with E-state index in [1.807, 2.05) is 79.7 Å². The van der Waals surface area contributed by atoms with Crippen LogP contribution < -0.4 is 9.34 Å². The van der Waals surface area contributed by atoms with Gasteiger partial charge >= 0.3 is 5.97 Å². The summed E-state index contributed by atoms with van der Waals surface area (Å²) in [5.74, 6) is -0.260. The molecular weight excluding hydrogens is 507 g/mol. The molecular formula is C32H31N2O2PS. The van der Waals surface area contributed by atoms with Gasteiger partial charge in [0, 0.05) is 29.8 Å². The van der Waals surface area contributed by atoms with Gasteiger partial charge in [-0.2, -0.15) is 0 Å². The molecule has 6 heteroatoms. The zero-order chi connectivity index (χ0) is 26.4. The SMILES string of the molecule is CCOC(=O)CC(=C(c1ccccc1)c1ccccc1)P1(=S)N(c2ccccc2)CCN1c1ccccc1. The van der Waals surface area contributed by atoms with Crippen LogP contribution in [0.5, 0.6) is 0 Å². The van der Waals surface area contributed by atoms with Crippen LogP contribution in [0.2, 0.25) is 0 Å². The van der Waals surface area contributed by atoms with E-state index in [2.05, 4.69) is 57.9 Å². The molecule has 1 aliphatic rings. The van der Waals surface area contributed by atoms with Crippen LogP contribution >= 0.6 is 6.34 Å². The average molecular weight is 539 g/mol. The highest BCUT2D eigenvalue weighted by molar-refractivity contribution is 8.18. The second kappa shape index (κ2) is 11.8. The normalized spacial score (nSPS) is 14.2. The summed E-state index contributed by atoms with van der Waals surface area (Å²) in [7, 11) is 0. The monoisotopic (exact) mass is 538 g/mol. The van der Waals surface area contributed by atoms with E-state index in [1.165, 1.54) is 0 Å². The van der Waals surface area contributed by atoms with Crippen LogP contribution in [0.4, 0.5) is 11.4 Å². The number of nitrogens with zero attached hydrogens (tertiary/aromatic N) is 2. The molecule has 1 aliphatic heterocycles. The van der Waals surface area contributed by atoms with Gasteiger partial charge in [0.05, 0.1) is 13.0 Å². The van der Waals surface area contributed by atoms with Crippen molar-refractivity contribution < 1.29 is 9.53 Å². The first-order valence-electron chi connectivity index (χ1n) is 12.9. The van der Waals surface area contributed by atoms with Crippen LogP contribution in [-0.2, 0) is 21.3 Å². The van der Waals surface area contributed by atoms with E-state index in [1.54, 1.807) is 0 Å². The van der Waals surface area contributed by atoms with E-state index < -0.39 is 6.34 Å². The van der Waals surface area contributed by atoms with E-state index in [4.69, 9.17) is 16.5 Å². The van der Waals surface area contributed by atoms with Gasteiger partial charge in [0.15, 0.2) is 6.34 Å². The van der Waals surface area contributed by atoms with E-state index in [-0.39, 0.29) is 12.4 Å². The Morgan fingerprint density at radius 3 is 1.50 bits per heavy atom. The van der Waals surface area contributed by atoms with Gasteiger partial charge in [-0.3, -0.25) is 4.79 Å². The van der Waals surface area contributed by atoms with Crippen LogP contribution in [0.25, 0.3) is 5.57 Å². The van der Waals surface area contributed by atoms with Gasteiger partial charge in [0.1, 0.15) is 0 Å². The molecule has 0 unspecified atom stereocenters. The third kappa shape index (κ3) is 5.18. The number of benzene rings is 4.